The molecule has 3 rings (SSSR count). The highest BCUT2D eigenvalue weighted by Crippen LogP contribution is 2.38. The Bertz CT molecular complexity index is 738. The maximum absolute atomic E-state index is 15.0. The van der Waals surface area contributed by atoms with E-state index in [1.807, 2.05) is 43.3 Å². The molecule has 0 saturated carbocycles. The molecular formula is C21H21FO. The number of alkyl halides is 1. The van der Waals surface area contributed by atoms with Crippen LogP contribution in [-0.4, -0.2) is 11.3 Å². The van der Waals surface area contributed by atoms with Crippen LogP contribution >= 0.6 is 0 Å². The van der Waals surface area contributed by atoms with Gasteiger partial charge in [0.1, 0.15) is 11.9 Å². The van der Waals surface area contributed by atoms with Crippen molar-refractivity contribution in [3.63, 3.8) is 0 Å². The first-order valence-corrected chi connectivity index (χ1v) is 8.04. The average molecular weight is 308 g/mol. The van der Waals surface area contributed by atoms with E-state index in [2.05, 4.69) is 19.1 Å². The van der Waals surface area contributed by atoms with Crippen LogP contribution in [0.2, 0.25) is 0 Å². The summed E-state index contributed by atoms with van der Waals surface area (Å²) in [6, 6.07) is 15.1. The molecule has 0 aliphatic heterocycles. The van der Waals surface area contributed by atoms with Gasteiger partial charge in [-0.15, -0.1) is 0 Å². The molecule has 1 aliphatic carbocycles. The Balaban J connectivity index is 1.95. The summed E-state index contributed by atoms with van der Waals surface area (Å²) in [6.07, 6.45) is 3.83. The van der Waals surface area contributed by atoms with Gasteiger partial charge in [-0.05, 0) is 46.4 Å². The summed E-state index contributed by atoms with van der Waals surface area (Å²) < 4.78 is 15.0. The Labute approximate surface area is 136 Å². The van der Waals surface area contributed by atoms with Crippen LogP contribution in [0.25, 0.3) is 11.1 Å². The van der Waals surface area contributed by atoms with Crippen LogP contribution in [0, 0.1) is 5.92 Å². The molecule has 2 heteroatoms. The molecule has 0 saturated heterocycles. The van der Waals surface area contributed by atoms with Gasteiger partial charge in [0.25, 0.3) is 0 Å². The van der Waals surface area contributed by atoms with E-state index in [-0.39, 0.29) is 11.7 Å². The van der Waals surface area contributed by atoms with E-state index in [0.29, 0.717) is 0 Å². The SMILES string of the molecule is CCc1ccc(C2=CC=C(c3ccc(O)cc3)C(C)C2F)cc1. The second-order valence-electron chi connectivity index (χ2n) is 6.03. The number of hydrogen-bond acceptors (Lipinski definition) is 1. The zero-order valence-electron chi connectivity index (χ0n) is 13.5. The quantitative estimate of drug-likeness (QED) is 0.804. The van der Waals surface area contributed by atoms with Gasteiger partial charge in [-0.2, -0.15) is 0 Å². The number of benzene rings is 2. The smallest absolute Gasteiger partial charge is 0.132 e. The number of aromatic hydroxyl groups is 1. The van der Waals surface area contributed by atoms with Crippen molar-refractivity contribution in [2.45, 2.75) is 26.4 Å². The molecule has 1 aliphatic rings. The van der Waals surface area contributed by atoms with Gasteiger partial charge in [0.2, 0.25) is 0 Å². The van der Waals surface area contributed by atoms with Crippen molar-refractivity contribution in [1.29, 1.82) is 0 Å². The number of allylic oxidation sites excluding steroid dienone is 4. The van der Waals surface area contributed by atoms with Gasteiger partial charge in [-0.25, -0.2) is 4.39 Å². The van der Waals surface area contributed by atoms with Crippen molar-refractivity contribution in [2.24, 2.45) is 5.92 Å². The van der Waals surface area contributed by atoms with Crippen LogP contribution in [0.4, 0.5) is 4.39 Å². The maximum Gasteiger partial charge on any atom is 0.132 e. The summed E-state index contributed by atoms with van der Waals surface area (Å²) in [5.41, 5.74) is 4.86. The first-order chi connectivity index (χ1) is 11.1. The molecule has 0 heterocycles. The fourth-order valence-electron chi connectivity index (χ4n) is 3.05. The van der Waals surface area contributed by atoms with Gasteiger partial charge in [0.15, 0.2) is 0 Å². The van der Waals surface area contributed by atoms with Gasteiger partial charge < -0.3 is 5.11 Å². The number of rotatable bonds is 3. The summed E-state index contributed by atoms with van der Waals surface area (Å²) in [6.45, 7) is 4.03. The minimum atomic E-state index is -1.03. The highest BCUT2D eigenvalue weighted by molar-refractivity contribution is 5.82. The van der Waals surface area contributed by atoms with E-state index in [9.17, 15) is 9.50 Å². The lowest BCUT2D eigenvalue weighted by atomic mass is 9.81. The fraction of sp³-hybridized carbons (Fsp3) is 0.238. The molecule has 2 aromatic rings. The number of phenols is 1. The zero-order valence-corrected chi connectivity index (χ0v) is 13.5. The third-order valence-corrected chi connectivity index (χ3v) is 4.57. The van der Waals surface area contributed by atoms with Crippen LogP contribution in [0.5, 0.6) is 5.75 Å². The minimum Gasteiger partial charge on any atom is -0.508 e. The van der Waals surface area contributed by atoms with Gasteiger partial charge in [-0.3, -0.25) is 0 Å². The van der Waals surface area contributed by atoms with Crippen molar-refractivity contribution in [3.05, 3.63) is 77.4 Å². The molecule has 0 bridgehead atoms. The van der Waals surface area contributed by atoms with Crippen molar-refractivity contribution >= 4 is 11.1 Å². The molecule has 2 atom stereocenters. The molecule has 0 aromatic heterocycles. The van der Waals surface area contributed by atoms with E-state index >= 15 is 0 Å². The lowest BCUT2D eigenvalue weighted by Crippen LogP contribution is -2.19. The summed E-state index contributed by atoms with van der Waals surface area (Å²) in [7, 11) is 0. The second-order valence-corrected chi connectivity index (χ2v) is 6.03. The number of hydrogen-bond donors (Lipinski definition) is 1. The predicted molar refractivity (Wildman–Crippen MR) is 93.9 cm³/mol. The largest absolute Gasteiger partial charge is 0.508 e. The molecule has 118 valence electrons. The predicted octanol–water partition coefficient (Wildman–Crippen LogP) is 5.41. The molecule has 2 aromatic carbocycles. The standard InChI is InChI=1S/C21H21FO/c1-3-15-4-6-17(7-5-15)20-13-12-19(14(2)21(20)22)16-8-10-18(23)11-9-16/h4-14,21,23H,3H2,1-2H3. The third-order valence-electron chi connectivity index (χ3n) is 4.57. The van der Waals surface area contributed by atoms with Crippen molar-refractivity contribution < 1.29 is 9.50 Å². The van der Waals surface area contributed by atoms with Gasteiger partial charge in [-0.1, -0.05) is 62.4 Å². The normalized spacial score (nSPS) is 20.8. The van der Waals surface area contributed by atoms with Gasteiger partial charge in [0, 0.05) is 5.92 Å². The third kappa shape index (κ3) is 3.07. The number of aryl methyl sites for hydroxylation is 1. The Morgan fingerprint density at radius 3 is 2.00 bits per heavy atom. The zero-order chi connectivity index (χ0) is 16.4. The molecule has 0 spiro atoms. The lowest BCUT2D eigenvalue weighted by Gasteiger charge is -2.26. The topological polar surface area (TPSA) is 20.2 Å². The van der Waals surface area contributed by atoms with E-state index < -0.39 is 6.17 Å². The fourth-order valence-corrected chi connectivity index (χ4v) is 3.05. The summed E-state index contributed by atoms with van der Waals surface area (Å²) >= 11 is 0. The summed E-state index contributed by atoms with van der Waals surface area (Å²) in [4.78, 5) is 0. The summed E-state index contributed by atoms with van der Waals surface area (Å²) in [5.74, 6) is 0.00671. The molecular weight excluding hydrogens is 287 g/mol. The number of halogens is 1. The molecule has 1 nitrogen and oxygen atoms in total. The molecule has 0 amide bonds. The van der Waals surface area contributed by atoms with Crippen LogP contribution in [0.15, 0.2) is 60.7 Å². The Kier molecular flexibility index (Phi) is 4.33. The lowest BCUT2D eigenvalue weighted by molar-refractivity contribution is 0.352. The highest BCUT2D eigenvalue weighted by atomic mass is 19.1. The molecule has 2 unspecified atom stereocenters. The molecule has 0 fully saturated rings. The molecule has 23 heavy (non-hydrogen) atoms. The van der Waals surface area contributed by atoms with Crippen molar-refractivity contribution in [3.8, 4) is 5.75 Å². The van der Waals surface area contributed by atoms with Gasteiger partial charge >= 0.3 is 0 Å². The Morgan fingerprint density at radius 2 is 1.39 bits per heavy atom. The minimum absolute atomic E-state index is 0.217. The van der Waals surface area contributed by atoms with Crippen LogP contribution in [0.1, 0.15) is 30.5 Å². The highest BCUT2D eigenvalue weighted by Gasteiger charge is 2.28. The Morgan fingerprint density at radius 1 is 0.870 bits per heavy atom. The molecule has 0 radical (unpaired) electrons. The monoisotopic (exact) mass is 308 g/mol. The van der Waals surface area contributed by atoms with E-state index in [1.165, 1.54) is 5.56 Å². The molecule has 1 N–H and O–H groups in total. The van der Waals surface area contributed by atoms with Crippen LogP contribution in [-0.2, 0) is 6.42 Å². The van der Waals surface area contributed by atoms with Crippen LogP contribution < -0.4 is 0 Å². The Hall–Kier alpha value is -2.35. The van der Waals surface area contributed by atoms with Crippen LogP contribution in [0.3, 0.4) is 0 Å². The van der Waals surface area contributed by atoms with Crippen molar-refractivity contribution in [2.75, 3.05) is 0 Å². The van der Waals surface area contributed by atoms with E-state index in [4.69, 9.17) is 0 Å². The van der Waals surface area contributed by atoms with E-state index in [1.54, 1.807) is 12.1 Å². The number of phenolic OH excluding ortho intramolecular Hbond substituents is 1. The maximum atomic E-state index is 15.0. The first kappa shape index (κ1) is 15.5. The summed E-state index contributed by atoms with van der Waals surface area (Å²) in [5, 5.41) is 9.40. The second kappa shape index (κ2) is 6.41. The first-order valence-electron chi connectivity index (χ1n) is 8.04. The average Bonchev–Trinajstić information content (AvgIpc) is 2.58. The van der Waals surface area contributed by atoms with Gasteiger partial charge in [0.05, 0.1) is 0 Å². The van der Waals surface area contributed by atoms with E-state index in [0.717, 1.165) is 28.7 Å². The van der Waals surface area contributed by atoms with Crippen molar-refractivity contribution in [1.82, 2.24) is 0 Å².